The summed E-state index contributed by atoms with van der Waals surface area (Å²) in [5.41, 5.74) is 0.750. The Morgan fingerprint density at radius 2 is 2.04 bits per heavy atom. The second-order valence-electron chi connectivity index (χ2n) is 5.09. The molecule has 0 fully saturated rings. The molecule has 132 valence electrons. The average Bonchev–Trinajstić information content (AvgIpc) is 2.89. The second-order valence-corrected chi connectivity index (χ2v) is 7.24. The van der Waals surface area contributed by atoms with Crippen LogP contribution in [0, 0.1) is 6.92 Å². The lowest BCUT2D eigenvalue weighted by atomic mass is 10.3. The minimum absolute atomic E-state index is 0.0729. The van der Waals surface area contributed by atoms with Crippen molar-refractivity contribution in [1.82, 2.24) is 14.5 Å². The molecule has 0 bridgehead atoms. The fraction of sp³-hybridized carbons (Fsp3) is 0.400. The molecule has 24 heavy (non-hydrogen) atoms. The minimum atomic E-state index is -3.67. The second kappa shape index (κ2) is 7.87. The number of sulfonamides is 1. The minimum Gasteiger partial charge on any atom is -0.497 e. The number of nitrogens with one attached hydrogen (secondary N) is 1. The van der Waals surface area contributed by atoms with Crippen molar-refractivity contribution in [1.29, 1.82) is 0 Å². The summed E-state index contributed by atoms with van der Waals surface area (Å²) in [6, 6.07) is 4.56. The zero-order valence-electron chi connectivity index (χ0n) is 13.7. The number of methoxy groups -OCH3 is 2. The Bertz CT molecular complexity index is 786. The van der Waals surface area contributed by atoms with E-state index in [0.717, 1.165) is 5.69 Å². The molecular weight excluding hydrogens is 354 g/mol. The first-order chi connectivity index (χ1) is 11.4. The maximum absolute atomic E-state index is 12.4. The van der Waals surface area contributed by atoms with Crippen LogP contribution >= 0.6 is 11.6 Å². The van der Waals surface area contributed by atoms with E-state index in [4.69, 9.17) is 21.1 Å². The summed E-state index contributed by atoms with van der Waals surface area (Å²) in [6.45, 7) is 2.65. The highest BCUT2D eigenvalue weighted by Gasteiger charge is 2.19. The summed E-state index contributed by atoms with van der Waals surface area (Å²) in [4.78, 5) is 0.0729. The molecule has 7 nitrogen and oxygen atoms in total. The maximum atomic E-state index is 12.4. The molecular formula is C15H20ClN3O4S. The van der Waals surface area contributed by atoms with Gasteiger partial charge in [-0.1, -0.05) is 11.6 Å². The zero-order valence-corrected chi connectivity index (χ0v) is 15.3. The van der Waals surface area contributed by atoms with E-state index in [1.165, 1.54) is 26.4 Å². The molecule has 0 aliphatic heterocycles. The summed E-state index contributed by atoms with van der Waals surface area (Å²) in [6.07, 6.45) is 2.30. The highest BCUT2D eigenvalue weighted by molar-refractivity contribution is 7.89. The molecule has 0 spiro atoms. The average molecular weight is 374 g/mol. The molecule has 1 aromatic heterocycles. The fourth-order valence-electron chi connectivity index (χ4n) is 2.13. The fourth-order valence-corrected chi connectivity index (χ4v) is 3.50. The van der Waals surface area contributed by atoms with E-state index in [2.05, 4.69) is 9.82 Å². The molecule has 0 radical (unpaired) electrons. The first kappa shape index (κ1) is 18.6. The van der Waals surface area contributed by atoms with Gasteiger partial charge < -0.3 is 9.47 Å². The van der Waals surface area contributed by atoms with Crippen LogP contribution in [0.4, 0.5) is 0 Å². The Hall–Kier alpha value is -1.77. The Kier molecular flexibility index (Phi) is 6.09. The monoisotopic (exact) mass is 373 g/mol. The summed E-state index contributed by atoms with van der Waals surface area (Å²) in [5, 5.41) is 4.82. The summed E-state index contributed by atoms with van der Waals surface area (Å²) >= 11 is 5.93. The maximum Gasteiger partial charge on any atom is 0.244 e. The van der Waals surface area contributed by atoms with Crippen LogP contribution in [0.2, 0.25) is 5.02 Å². The molecule has 0 unspecified atom stereocenters. The lowest BCUT2D eigenvalue weighted by Crippen LogP contribution is -2.26. The summed E-state index contributed by atoms with van der Waals surface area (Å²) in [5.74, 6) is 0.757. The number of ether oxygens (including phenoxy) is 2. The first-order valence-electron chi connectivity index (χ1n) is 7.28. The van der Waals surface area contributed by atoms with Crippen LogP contribution in [0.15, 0.2) is 29.3 Å². The highest BCUT2D eigenvalue weighted by Crippen LogP contribution is 2.28. The molecule has 0 saturated heterocycles. The number of aryl methyl sites for hydroxylation is 2. The van der Waals surface area contributed by atoms with E-state index in [9.17, 15) is 8.42 Å². The molecule has 0 amide bonds. The van der Waals surface area contributed by atoms with Crippen LogP contribution in [0.3, 0.4) is 0 Å². The number of hydrogen-bond donors (Lipinski definition) is 1. The van der Waals surface area contributed by atoms with Gasteiger partial charge in [0, 0.05) is 25.4 Å². The van der Waals surface area contributed by atoms with Crippen LogP contribution in [-0.2, 0) is 16.6 Å². The quantitative estimate of drug-likeness (QED) is 0.717. The predicted octanol–water partition coefficient (Wildman–Crippen LogP) is 2.23. The lowest BCUT2D eigenvalue weighted by Gasteiger charge is -2.12. The number of benzene rings is 1. The predicted molar refractivity (Wildman–Crippen MR) is 91.3 cm³/mol. The van der Waals surface area contributed by atoms with Crippen LogP contribution < -0.4 is 14.2 Å². The van der Waals surface area contributed by atoms with Gasteiger partial charge in [0.15, 0.2) is 0 Å². The molecule has 0 aliphatic carbocycles. The lowest BCUT2D eigenvalue weighted by molar-refractivity contribution is 0.386. The molecule has 9 heteroatoms. The van der Waals surface area contributed by atoms with Gasteiger partial charge in [-0.25, -0.2) is 13.1 Å². The van der Waals surface area contributed by atoms with Crippen LogP contribution in [0.5, 0.6) is 11.5 Å². The van der Waals surface area contributed by atoms with E-state index in [-0.39, 0.29) is 17.2 Å². The SMILES string of the molecule is COc1ccc(S(=O)(=O)NCCCn2cc(Cl)c(C)n2)c(OC)c1. The topological polar surface area (TPSA) is 82.5 Å². The largest absolute Gasteiger partial charge is 0.497 e. The normalized spacial score (nSPS) is 11.5. The van der Waals surface area contributed by atoms with E-state index < -0.39 is 10.0 Å². The van der Waals surface area contributed by atoms with E-state index in [1.807, 2.05) is 6.92 Å². The van der Waals surface area contributed by atoms with Gasteiger partial charge in [0.25, 0.3) is 0 Å². The van der Waals surface area contributed by atoms with E-state index in [1.54, 1.807) is 16.9 Å². The third-order valence-corrected chi connectivity index (χ3v) is 5.27. The Morgan fingerprint density at radius 1 is 1.29 bits per heavy atom. The summed E-state index contributed by atoms with van der Waals surface area (Å²) in [7, 11) is -0.753. The molecule has 0 atom stereocenters. The van der Waals surface area contributed by atoms with Gasteiger partial charge in [0.1, 0.15) is 16.4 Å². The molecule has 0 saturated carbocycles. The van der Waals surface area contributed by atoms with Crippen molar-refractivity contribution < 1.29 is 17.9 Å². The molecule has 2 rings (SSSR count). The number of aromatic nitrogens is 2. The van der Waals surface area contributed by atoms with Crippen LogP contribution in [-0.4, -0.2) is 39.0 Å². The van der Waals surface area contributed by atoms with E-state index in [0.29, 0.717) is 23.7 Å². The van der Waals surface area contributed by atoms with Gasteiger partial charge >= 0.3 is 0 Å². The Labute approximate surface area is 146 Å². The van der Waals surface area contributed by atoms with Crippen LogP contribution in [0.1, 0.15) is 12.1 Å². The summed E-state index contributed by atoms with van der Waals surface area (Å²) < 4.78 is 39.3. The van der Waals surface area contributed by atoms with Crippen molar-refractivity contribution in [2.45, 2.75) is 24.8 Å². The van der Waals surface area contributed by atoms with Crippen molar-refractivity contribution >= 4 is 21.6 Å². The van der Waals surface area contributed by atoms with E-state index >= 15 is 0 Å². The van der Waals surface area contributed by atoms with Gasteiger partial charge in [0.05, 0.1) is 24.9 Å². The van der Waals surface area contributed by atoms with Crippen molar-refractivity contribution in [2.24, 2.45) is 0 Å². The van der Waals surface area contributed by atoms with Crippen molar-refractivity contribution in [3.63, 3.8) is 0 Å². The van der Waals surface area contributed by atoms with Gasteiger partial charge in [0.2, 0.25) is 10.0 Å². The molecule has 1 N–H and O–H groups in total. The molecule has 1 aromatic carbocycles. The molecule has 0 aliphatic rings. The number of hydrogen-bond acceptors (Lipinski definition) is 5. The third kappa shape index (κ3) is 4.40. The number of nitrogens with zero attached hydrogens (tertiary/aromatic N) is 2. The van der Waals surface area contributed by atoms with Gasteiger partial charge in [-0.3, -0.25) is 4.68 Å². The van der Waals surface area contributed by atoms with Crippen molar-refractivity contribution in [2.75, 3.05) is 20.8 Å². The number of rotatable bonds is 8. The van der Waals surface area contributed by atoms with Crippen molar-refractivity contribution in [3.05, 3.63) is 35.1 Å². The first-order valence-corrected chi connectivity index (χ1v) is 9.14. The van der Waals surface area contributed by atoms with Gasteiger partial charge in [-0.15, -0.1) is 0 Å². The molecule has 2 aromatic rings. The third-order valence-electron chi connectivity index (χ3n) is 3.40. The zero-order chi connectivity index (χ0) is 17.7. The van der Waals surface area contributed by atoms with Crippen LogP contribution in [0.25, 0.3) is 0 Å². The van der Waals surface area contributed by atoms with Gasteiger partial charge in [-0.2, -0.15) is 5.10 Å². The van der Waals surface area contributed by atoms with Crippen molar-refractivity contribution in [3.8, 4) is 11.5 Å². The Morgan fingerprint density at radius 3 is 2.62 bits per heavy atom. The number of halogens is 1. The standard InChI is InChI=1S/C15H20ClN3O4S/c1-11-13(16)10-19(18-11)8-4-7-17-24(20,21)15-6-5-12(22-2)9-14(15)23-3/h5-6,9-10,17H,4,7-8H2,1-3H3. The molecule has 1 heterocycles. The smallest absolute Gasteiger partial charge is 0.244 e. The Balaban J connectivity index is 1.98. The van der Waals surface area contributed by atoms with Gasteiger partial charge in [-0.05, 0) is 25.5 Å². The highest BCUT2D eigenvalue weighted by atomic mass is 35.5.